The van der Waals surface area contributed by atoms with Gasteiger partial charge >= 0.3 is 6.01 Å². The number of morpholine rings is 1. The monoisotopic (exact) mass is 530 g/mol. The van der Waals surface area contributed by atoms with E-state index in [-0.39, 0.29) is 5.75 Å². The van der Waals surface area contributed by atoms with Crippen molar-refractivity contribution in [3.05, 3.63) is 60.3 Å². The van der Waals surface area contributed by atoms with Crippen LogP contribution in [0.2, 0.25) is 0 Å². The minimum absolute atomic E-state index is 0.280. The number of aromatic nitrogens is 2. The van der Waals surface area contributed by atoms with Gasteiger partial charge < -0.3 is 24.4 Å². The maximum Gasteiger partial charge on any atom is 0.318 e. The first-order chi connectivity index (χ1) is 19.2. The van der Waals surface area contributed by atoms with E-state index in [0.29, 0.717) is 19.2 Å². The lowest BCUT2D eigenvalue weighted by Crippen LogP contribution is -2.47. The number of hydrogen-bond donors (Lipinski definition) is 1. The van der Waals surface area contributed by atoms with Crippen LogP contribution >= 0.6 is 0 Å². The second-order valence-corrected chi connectivity index (χ2v) is 10.5. The van der Waals surface area contributed by atoms with E-state index >= 15 is 0 Å². The molecule has 2 aromatic carbocycles. The normalized spacial score (nSPS) is 18.8. The number of anilines is 2. The molecule has 9 nitrogen and oxygen atoms in total. The Balaban J connectivity index is 1.27. The van der Waals surface area contributed by atoms with Crippen LogP contribution in [-0.4, -0.2) is 104 Å². The zero-order valence-electron chi connectivity index (χ0n) is 22.6. The Hall–Kier alpha value is -3.40. The van der Waals surface area contributed by atoms with Crippen molar-refractivity contribution in [2.45, 2.75) is 13.0 Å². The third kappa shape index (κ3) is 5.80. The second-order valence-electron chi connectivity index (χ2n) is 10.5. The van der Waals surface area contributed by atoms with E-state index < -0.39 is 0 Å². The summed E-state index contributed by atoms with van der Waals surface area (Å²) in [6.45, 7) is 14.9. The fourth-order valence-electron chi connectivity index (χ4n) is 5.87. The minimum Gasteiger partial charge on any atom is -0.508 e. The summed E-state index contributed by atoms with van der Waals surface area (Å²) in [4.78, 5) is 19.4. The predicted octanol–water partition coefficient (Wildman–Crippen LogP) is 2.92. The van der Waals surface area contributed by atoms with Crippen LogP contribution in [0.25, 0.3) is 10.8 Å². The van der Waals surface area contributed by atoms with Gasteiger partial charge in [-0.1, -0.05) is 30.3 Å². The summed E-state index contributed by atoms with van der Waals surface area (Å²) in [5, 5.41) is 12.6. The summed E-state index contributed by atoms with van der Waals surface area (Å²) in [7, 11) is 0. The van der Waals surface area contributed by atoms with Crippen LogP contribution in [0.1, 0.15) is 11.3 Å². The molecule has 3 aromatic rings. The van der Waals surface area contributed by atoms with E-state index in [1.807, 2.05) is 36.4 Å². The molecular formula is C30H38N6O3. The van der Waals surface area contributed by atoms with Crippen molar-refractivity contribution < 1.29 is 14.6 Å². The van der Waals surface area contributed by atoms with Gasteiger partial charge in [0.25, 0.3) is 0 Å². The standard InChI is InChI=1S/C30H38N6O3/c1-2-8-33-10-12-35(13-11-33)29-26-7-9-36(28-21-24(37)20-23-5-3-4-6-25(23)28)22-27(26)31-30(32-29)39-19-16-34-14-17-38-18-15-34/h2-6,20-21,37H,1,7-19,22H2. The highest BCUT2D eigenvalue weighted by atomic mass is 16.5. The molecule has 1 N–H and O–H groups in total. The predicted molar refractivity (Wildman–Crippen MR) is 154 cm³/mol. The first-order valence-corrected chi connectivity index (χ1v) is 14.1. The van der Waals surface area contributed by atoms with Crippen LogP contribution < -0.4 is 14.5 Å². The number of ether oxygens (including phenoxy) is 2. The molecule has 3 aliphatic rings. The van der Waals surface area contributed by atoms with Gasteiger partial charge in [-0.25, -0.2) is 0 Å². The number of phenols is 1. The Kier molecular flexibility index (Phi) is 7.81. The first-order valence-electron chi connectivity index (χ1n) is 14.1. The lowest BCUT2D eigenvalue weighted by Gasteiger charge is -2.38. The second kappa shape index (κ2) is 11.8. The molecule has 0 bridgehead atoms. The Morgan fingerprint density at radius 1 is 0.949 bits per heavy atom. The summed E-state index contributed by atoms with van der Waals surface area (Å²) in [5.74, 6) is 1.29. The largest absolute Gasteiger partial charge is 0.508 e. The molecule has 3 aliphatic heterocycles. The molecule has 4 heterocycles. The van der Waals surface area contributed by atoms with Crippen LogP contribution in [0.5, 0.6) is 11.8 Å². The summed E-state index contributed by atoms with van der Waals surface area (Å²) < 4.78 is 11.7. The molecule has 0 amide bonds. The van der Waals surface area contributed by atoms with Gasteiger partial charge in [0.15, 0.2) is 0 Å². The first kappa shape index (κ1) is 25.9. The van der Waals surface area contributed by atoms with Crippen LogP contribution in [0.15, 0.2) is 49.1 Å². The number of aromatic hydroxyl groups is 1. The van der Waals surface area contributed by atoms with Crippen molar-refractivity contribution >= 4 is 22.3 Å². The Morgan fingerprint density at radius 3 is 2.59 bits per heavy atom. The van der Waals surface area contributed by atoms with Gasteiger partial charge in [-0.05, 0) is 17.9 Å². The number of hydrogen-bond acceptors (Lipinski definition) is 9. The number of rotatable bonds is 8. The number of benzene rings is 2. The molecule has 2 saturated heterocycles. The smallest absolute Gasteiger partial charge is 0.318 e. The topological polar surface area (TPSA) is 77.4 Å². The van der Waals surface area contributed by atoms with E-state index in [9.17, 15) is 5.11 Å². The molecular weight excluding hydrogens is 492 g/mol. The van der Waals surface area contributed by atoms with Crippen molar-refractivity contribution in [1.29, 1.82) is 0 Å². The highest BCUT2D eigenvalue weighted by Crippen LogP contribution is 2.36. The van der Waals surface area contributed by atoms with Crippen molar-refractivity contribution in [3.63, 3.8) is 0 Å². The fourth-order valence-corrected chi connectivity index (χ4v) is 5.87. The maximum absolute atomic E-state index is 10.5. The lowest BCUT2D eigenvalue weighted by molar-refractivity contribution is 0.0317. The molecule has 2 fully saturated rings. The van der Waals surface area contributed by atoms with Crippen LogP contribution in [-0.2, 0) is 17.7 Å². The van der Waals surface area contributed by atoms with Crippen LogP contribution in [0, 0.1) is 0 Å². The van der Waals surface area contributed by atoms with E-state index in [0.717, 1.165) is 107 Å². The number of fused-ring (bicyclic) bond motifs is 2. The van der Waals surface area contributed by atoms with Gasteiger partial charge in [0.05, 0.1) is 25.5 Å². The molecule has 39 heavy (non-hydrogen) atoms. The maximum atomic E-state index is 10.5. The molecule has 0 radical (unpaired) electrons. The zero-order valence-corrected chi connectivity index (χ0v) is 22.6. The van der Waals surface area contributed by atoms with Crippen LogP contribution in [0.3, 0.4) is 0 Å². The van der Waals surface area contributed by atoms with Crippen molar-refractivity contribution in [3.8, 4) is 11.8 Å². The molecule has 206 valence electrons. The summed E-state index contributed by atoms with van der Waals surface area (Å²) in [5.41, 5.74) is 3.26. The van der Waals surface area contributed by atoms with Crippen molar-refractivity contribution in [1.82, 2.24) is 19.8 Å². The van der Waals surface area contributed by atoms with Gasteiger partial charge in [0.2, 0.25) is 0 Å². The molecule has 0 saturated carbocycles. The van der Waals surface area contributed by atoms with Gasteiger partial charge in [-0.15, -0.1) is 6.58 Å². The summed E-state index contributed by atoms with van der Waals surface area (Å²) in [6.07, 6.45) is 2.82. The fraction of sp³-hybridized carbons (Fsp3) is 0.467. The van der Waals surface area contributed by atoms with E-state index in [1.165, 1.54) is 5.56 Å². The number of phenolic OH excluding ortho intramolecular Hbond substituents is 1. The SMILES string of the molecule is C=CCN1CCN(c2nc(OCCN3CCOCC3)nc3c2CCN(c2cc(O)cc4ccccc24)C3)CC1. The molecule has 1 aromatic heterocycles. The average Bonchev–Trinajstić information content (AvgIpc) is 2.97. The van der Waals surface area contributed by atoms with E-state index in [4.69, 9.17) is 19.4 Å². The third-order valence-corrected chi connectivity index (χ3v) is 7.99. The van der Waals surface area contributed by atoms with Gasteiger partial charge in [0.1, 0.15) is 18.2 Å². The highest BCUT2D eigenvalue weighted by Gasteiger charge is 2.28. The molecule has 6 rings (SSSR count). The minimum atomic E-state index is 0.280. The molecule has 0 atom stereocenters. The van der Waals surface area contributed by atoms with Crippen LogP contribution in [0.4, 0.5) is 11.5 Å². The number of piperazine rings is 1. The Labute approximate surface area is 230 Å². The molecule has 0 spiro atoms. The summed E-state index contributed by atoms with van der Waals surface area (Å²) >= 11 is 0. The van der Waals surface area contributed by atoms with Gasteiger partial charge in [0, 0.05) is 81.6 Å². The Bertz CT molecular complexity index is 1300. The van der Waals surface area contributed by atoms with E-state index in [1.54, 1.807) is 0 Å². The number of nitrogens with zero attached hydrogens (tertiary/aromatic N) is 6. The van der Waals surface area contributed by atoms with Crippen molar-refractivity contribution in [2.24, 2.45) is 0 Å². The quantitative estimate of drug-likeness (QED) is 0.443. The molecule has 0 aliphatic carbocycles. The third-order valence-electron chi connectivity index (χ3n) is 7.99. The van der Waals surface area contributed by atoms with Gasteiger partial charge in [-0.2, -0.15) is 9.97 Å². The molecule has 9 heteroatoms. The van der Waals surface area contributed by atoms with E-state index in [2.05, 4.69) is 32.2 Å². The highest BCUT2D eigenvalue weighted by molar-refractivity contribution is 5.95. The Morgan fingerprint density at radius 2 is 1.77 bits per heavy atom. The average molecular weight is 531 g/mol. The van der Waals surface area contributed by atoms with Crippen molar-refractivity contribution in [2.75, 3.05) is 88.5 Å². The van der Waals surface area contributed by atoms with Gasteiger partial charge in [-0.3, -0.25) is 9.80 Å². The zero-order chi connectivity index (χ0) is 26.6. The summed E-state index contributed by atoms with van der Waals surface area (Å²) in [6, 6.07) is 12.4. The molecule has 0 unspecified atom stereocenters. The lowest BCUT2D eigenvalue weighted by atomic mass is 10.0.